The van der Waals surface area contributed by atoms with E-state index in [4.69, 9.17) is 14.2 Å². The number of aliphatic hydroxyl groups is 1. The van der Waals surface area contributed by atoms with Crippen LogP contribution in [0.1, 0.15) is 21.3 Å². The molecule has 1 saturated heterocycles. The topological polar surface area (TPSA) is 106 Å². The second-order valence-electron chi connectivity index (χ2n) is 6.62. The zero-order valence-corrected chi connectivity index (χ0v) is 17.4. The van der Waals surface area contributed by atoms with Gasteiger partial charge < -0.3 is 30.0 Å². The molecule has 3 rings (SSSR count). The summed E-state index contributed by atoms with van der Waals surface area (Å²) >= 11 is 0.918. The van der Waals surface area contributed by atoms with Gasteiger partial charge in [-0.25, -0.2) is 4.79 Å². The molecule has 1 aliphatic rings. The molecular formula is C19H19F3N2O6S. The summed E-state index contributed by atoms with van der Waals surface area (Å²) in [6.07, 6.45) is -5.35. The number of hydrogen-bond acceptors (Lipinski definition) is 7. The largest absolute Gasteiger partial charge is 0.493 e. The Labute approximate surface area is 178 Å². The normalized spacial score (nSPS) is 23.5. The van der Waals surface area contributed by atoms with E-state index in [1.165, 1.54) is 56.3 Å². The predicted molar refractivity (Wildman–Crippen MR) is 104 cm³/mol. The van der Waals surface area contributed by atoms with Crippen molar-refractivity contribution < 1.29 is 42.1 Å². The zero-order chi connectivity index (χ0) is 23.0. The summed E-state index contributed by atoms with van der Waals surface area (Å²) < 4.78 is 57.5. The quantitative estimate of drug-likeness (QED) is 0.573. The van der Waals surface area contributed by atoms with Crippen LogP contribution < -0.4 is 24.8 Å². The van der Waals surface area contributed by atoms with E-state index in [-0.39, 0.29) is 27.7 Å². The Morgan fingerprint density at radius 1 is 1.16 bits per heavy atom. The first-order valence-electron chi connectivity index (χ1n) is 8.82. The molecule has 0 bridgehead atoms. The summed E-state index contributed by atoms with van der Waals surface area (Å²) in [4.78, 5) is 25.2. The van der Waals surface area contributed by atoms with E-state index in [2.05, 4.69) is 5.32 Å². The number of ketones is 1. The van der Waals surface area contributed by atoms with Gasteiger partial charge in [0.25, 0.3) is 0 Å². The van der Waals surface area contributed by atoms with Crippen molar-refractivity contribution in [3.05, 3.63) is 40.1 Å². The van der Waals surface area contributed by atoms with Gasteiger partial charge in [0.1, 0.15) is 5.92 Å². The lowest BCUT2D eigenvalue weighted by atomic mass is 9.78. The van der Waals surface area contributed by atoms with E-state index >= 15 is 0 Å². The number of alkyl halides is 3. The third kappa shape index (κ3) is 3.88. The number of halogens is 3. The number of amides is 2. The van der Waals surface area contributed by atoms with Gasteiger partial charge in [-0.1, -0.05) is 6.07 Å². The molecule has 31 heavy (non-hydrogen) atoms. The molecule has 1 aromatic heterocycles. The Kier molecular flexibility index (Phi) is 6.05. The summed E-state index contributed by atoms with van der Waals surface area (Å²) in [5.74, 6) is -2.78. The molecule has 2 amide bonds. The molecule has 0 saturated carbocycles. The minimum atomic E-state index is -5.35. The van der Waals surface area contributed by atoms with Gasteiger partial charge in [0.2, 0.25) is 11.5 Å². The molecule has 0 unspecified atom stereocenters. The lowest BCUT2D eigenvalue weighted by Gasteiger charge is -2.45. The number of hydrogen-bond donors (Lipinski definition) is 3. The maximum absolute atomic E-state index is 13.9. The Hall–Kier alpha value is -2.99. The van der Waals surface area contributed by atoms with Crippen LogP contribution in [-0.4, -0.2) is 50.2 Å². The SMILES string of the molecule is COc1cc([C@H]2NC(=O)N[C@@](O)(C(F)(F)F)[C@H]2C(=O)c2cccs2)cc(OC)c1OC. The van der Waals surface area contributed by atoms with Crippen LogP contribution in [0.15, 0.2) is 29.6 Å². The number of Topliss-reactive ketones (excluding diaryl/α,β-unsaturated/α-hetero) is 1. The van der Waals surface area contributed by atoms with Gasteiger partial charge >= 0.3 is 12.2 Å². The number of nitrogens with one attached hydrogen (secondary N) is 2. The maximum Gasteiger partial charge on any atom is 0.437 e. The van der Waals surface area contributed by atoms with Crippen molar-refractivity contribution in [2.45, 2.75) is 17.9 Å². The van der Waals surface area contributed by atoms with E-state index < -0.39 is 35.7 Å². The number of rotatable bonds is 6. The fraction of sp³-hybridized carbons (Fsp3) is 0.368. The number of methoxy groups -OCH3 is 3. The van der Waals surface area contributed by atoms with Crippen molar-refractivity contribution in [1.82, 2.24) is 10.6 Å². The minimum Gasteiger partial charge on any atom is -0.493 e. The van der Waals surface area contributed by atoms with Crippen molar-refractivity contribution in [2.75, 3.05) is 21.3 Å². The standard InChI is InChI=1S/C19H19F3N2O6S/c1-28-10-7-9(8-11(29-2)16(10)30-3)14-13(15(25)12-5-4-6-31-12)18(27,19(20,21)22)24-17(26)23-14/h4-8,13-14,27H,1-3H3,(H2,23,24,26)/t13-,14-,18+/m1/s1. The number of ether oxygens (including phenoxy) is 3. The van der Waals surface area contributed by atoms with E-state index in [1.807, 2.05) is 0 Å². The molecule has 1 aliphatic heterocycles. The molecule has 2 heterocycles. The molecular weight excluding hydrogens is 441 g/mol. The third-order valence-electron chi connectivity index (χ3n) is 4.90. The highest BCUT2D eigenvalue weighted by atomic mass is 32.1. The predicted octanol–water partition coefficient (Wildman–Crippen LogP) is 2.88. The van der Waals surface area contributed by atoms with Crippen LogP contribution in [0.2, 0.25) is 0 Å². The monoisotopic (exact) mass is 460 g/mol. The summed E-state index contributed by atoms with van der Waals surface area (Å²) in [5.41, 5.74) is -3.77. The van der Waals surface area contributed by atoms with Crippen LogP contribution in [-0.2, 0) is 0 Å². The maximum atomic E-state index is 13.9. The summed E-state index contributed by atoms with van der Waals surface area (Å²) in [7, 11) is 3.96. The van der Waals surface area contributed by atoms with Crippen LogP contribution in [0.25, 0.3) is 0 Å². The van der Waals surface area contributed by atoms with Gasteiger partial charge in [0.05, 0.1) is 32.2 Å². The highest BCUT2D eigenvalue weighted by Crippen LogP contribution is 2.47. The van der Waals surface area contributed by atoms with E-state index in [0.29, 0.717) is 0 Å². The number of carbonyl (C=O) groups excluding carboxylic acids is 2. The van der Waals surface area contributed by atoms with Gasteiger partial charge in [-0.15, -0.1) is 11.3 Å². The number of thiophene rings is 1. The van der Waals surface area contributed by atoms with Crippen molar-refractivity contribution in [2.24, 2.45) is 5.92 Å². The molecule has 168 valence electrons. The number of urea groups is 1. The van der Waals surface area contributed by atoms with Crippen molar-refractivity contribution in [3.8, 4) is 17.2 Å². The van der Waals surface area contributed by atoms with E-state index in [9.17, 15) is 27.9 Å². The smallest absolute Gasteiger partial charge is 0.437 e. The fourth-order valence-corrected chi connectivity index (χ4v) is 4.17. The highest BCUT2D eigenvalue weighted by molar-refractivity contribution is 7.12. The van der Waals surface area contributed by atoms with E-state index in [0.717, 1.165) is 11.3 Å². The molecule has 0 aliphatic carbocycles. The van der Waals surface area contributed by atoms with E-state index in [1.54, 1.807) is 0 Å². The molecule has 8 nitrogen and oxygen atoms in total. The lowest BCUT2D eigenvalue weighted by Crippen LogP contribution is -2.72. The fourth-order valence-electron chi connectivity index (χ4n) is 3.47. The van der Waals surface area contributed by atoms with Gasteiger partial charge in [-0.05, 0) is 29.1 Å². The first kappa shape index (κ1) is 22.7. The van der Waals surface area contributed by atoms with Gasteiger partial charge in [-0.3, -0.25) is 4.79 Å². The van der Waals surface area contributed by atoms with Crippen LogP contribution in [0.5, 0.6) is 17.2 Å². The molecule has 3 N–H and O–H groups in total. The first-order chi connectivity index (χ1) is 14.6. The summed E-state index contributed by atoms with van der Waals surface area (Å²) in [6.45, 7) is 0. The molecule has 1 fully saturated rings. The second kappa shape index (κ2) is 8.27. The molecule has 1 aromatic carbocycles. The zero-order valence-electron chi connectivity index (χ0n) is 16.6. The summed E-state index contributed by atoms with van der Waals surface area (Å²) in [5, 5.41) is 15.9. The minimum absolute atomic E-state index is 0.0111. The van der Waals surface area contributed by atoms with Gasteiger partial charge in [0.15, 0.2) is 17.3 Å². The summed E-state index contributed by atoms with van der Waals surface area (Å²) in [6, 6.07) is 2.59. The lowest BCUT2D eigenvalue weighted by molar-refractivity contribution is -0.287. The van der Waals surface area contributed by atoms with Crippen LogP contribution in [0.3, 0.4) is 0 Å². The van der Waals surface area contributed by atoms with Gasteiger partial charge in [-0.2, -0.15) is 13.2 Å². The average Bonchev–Trinajstić information content (AvgIpc) is 3.25. The van der Waals surface area contributed by atoms with Crippen molar-refractivity contribution in [3.63, 3.8) is 0 Å². The Morgan fingerprint density at radius 2 is 1.77 bits per heavy atom. The number of carbonyl (C=O) groups is 2. The first-order valence-corrected chi connectivity index (χ1v) is 9.70. The molecule has 0 spiro atoms. The average molecular weight is 460 g/mol. The Bertz CT molecular complexity index is 957. The van der Waals surface area contributed by atoms with Crippen molar-refractivity contribution in [1.29, 1.82) is 0 Å². The highest BCUT2D eigenvalue weighted by Gasteiger charge is 2.66. The van der Waals surface area contributed by atoms with Crippen LogP contribution in [0, 0.1) is 5.92 Å². The van der Waals surface area contributed by atoms with Crippen LogP contribution in [0.4, 0.5) is 18.0 Å². The third-order valence-corrected chi connectivity index (χ3v) is 5.78. The molecule has 0 radical (unpaired) electrons. The Morgan fingerprint density at radius 3 is 2.23 bits per heavy atom. The van der Waals surface area contributed by atoms with Crippen LogP contribution >= 0.6 is 11.3 Å². The van der Waals surface area contributed by atoms with Gasteiger partial charge in [0, 0.05) is 0 Å². The molecule has 12 heteroatoms. The Balaban J connectivity index is 2.23. The van der Waals surface area contributed by atoms with Crippen molar-refractivity contribution >= 4 is 23.2 Å². The molecule has 2 aromatic rings. The molecule has 3 atom stereocenters. The number of benzene rings is 1. The second-order valence-corrected chi connectivity index (χ2v) is 7.57.